The molecule has 1 aliphatic rings. The van der Waals surface area contributed by atoms with E-state index < -0.39 is 6.04 Å². The number of likely N-dealkylation sites (tertiary alicyclic amines) is 1. The molecule has 0 bridgehead atoms. The van der Waals surface area contributed by atoms with Crippen molar-refractivity contribution in [2.75, 3.05) is 6.54 Å². The van der Waals surface area contributed by atoms with Gasteiger partial charge in [-0.1, -0.05) is 0 Å². The highest BCUT2D eigenvalue weighted by molar-refractivity contribution is 5.86. The average molecular weight is 304 g/mol. The van der Waals surface area contributed by atoms with Gasteiger partial charge < -0.3 is 15.5 Å². The summed E-state index contributed by atoms with van der Waals surface area (Å²) in [6, 6.07) is 3.08. The van der Waals surface area contributed by atoms with E-state index in [4.69, 9.17) is 0 Å². The highest BCUT2D eigenvalue weighted by atomic mass is 16.2. The van der Waals surface area contributed by atoms with E-state index in [-0.39, 0.29) is 18.0 Å². The Morgan fingerprint density at radius 2 is 2.09 bits per heavy atom. The van der Waals surface area contributed by atoms with E-state index >= 15 is 0 Å². The van der Waals surface area contributed by atoms with Gasteiger partial charge >= 0.3 is 6.03 Å². The lowest BCUT2D eigenvalue weighted by Crippen LogP contribution is -2.53. The Hall–Kier alpha value is -2.11. The fourth-order valence-corrected chi connectivity index (χ4v) is 2.67. The molecule has 1 fully saturated rings. The highest BCUT2D eigenvalue weighted by Crippen LogP contribution is 2.17. The number of pyridine rings is 1. The van der Waals surface area contributed by atoms with Crippen molar-refractivity contribution in [3.05, 3.63) is 30.1 Å². The number of hydrogen-bond donors (Lipinski definition) is 2. The van der Waals surface area contributed by atoms with Gasteiger partial charge in [0.1, 0.15) is 6.04 Å². The monoisotopic (exact) mass is 304 g/mol. The summed E-state index contributed by atoms with van der Waals surface area (Å²) in [4.78, 5) is 30.1. The van der Waals surface area contributed by atoms with Crippen molar-refractivity contribution in [2.24, 2.45) is 0 Å². The van der Waals surface area contributed by atoms with Gasteiger partial charge in [-0.05, 0) is 50.8 Å². The molecule has 1 aromatic heterocycles. The van der Waals surface area contributed by atoms with Crippen LogP contribution >= 0.6 is 0 Å². The maximum absolute atomic E-state index is 12.4. The molecule has 0 aliphatic carbocycles. The highest BCUT2D eigenvalue weighted by Gasteiger charge is 2.27. The van der Waals surface area contributed by atoms with E-state index in [9.17, 15) is 9.59 Å². The van der Waals surface area contributed by atoms with Crippen LogP contribution in [0.2, 0.25) is 0 Å². The zero-order valence-electron chi connectivity index (χ0n) is 13.2. The summed E-state index contributed by atoms with van der Waals surface area (Å²) < 4.78 is 0. The third kappa shape index (κ3) is 4.44. The summed E-state index contributed by atoms with van der Waals surface area (Å²) >= 11 is 0. The number of aromatic nitrogens is 1. The standard InChI is InChI=1S/C16H24N4O2/c1-12-5-3-4-10-20(12)15(21)13(2)19-16(22)18-11-14-6-8-17-9-7-14/h6-9,12-13H,3-5,10-11H2,1-2H3,(H2,18,19,22)/t12-,13+/m0/s1. The molecule has 0 unspecified atom stereocenters. The van der Waals surface area contributed by atoms with Gasteiger partial charge in [-0.25, -0.2) is 4.79 Å². The molecule has 120 valence electrons. The van der Waals surface area contributed by atoms with Crippen LogP contribution in [0.15, 0.2) is 24.5 Å². The van der Waals surface area contributed by atoms with Gasteiger partial charge in [0, 0.05) is 31.5 Å². The molecular weight excluding hydrogens is 280 g/mol. The number of carbonyl (C=O) groups excluding carboxylic acids is 2. The fourth-order valence-electron chi connectivity index (χ4n) is 2.67. The van der Waals surface area contributed by atoms with Crippen LogP contribution < -0.4 is 10.6 Å². The van der Waals surface area contributed by atoms with Crippen molar-refractivity contribution in [2.45, 2.75) is 51.7 Å². The first-order valence-corrected chi connectivity index (χ1v) is 7.81. The van der Waals surface area contributed by atoms with Crippen LogP contribution in [0.1, 0.15) is 38.7 Å². The molecule has 6 nitrogen and oxygen atoms in total. The van der Waals surface area contributed by atoms with E-state index in [1.165, 1.54) is 6.42 Å². The number of hydrogen-bond acceptors (Lipinski definition) is 3. The molecule has 2 atom stereocenters. The van der Waals surface area contributed by atoms with Crippen LogP contribution in [0.3, 0.4) is 0 Å². The summed E-state index contributed by atoms with van der Waals surface area (Å²) in [5, 5.41) is 5.46. The van der Waals surface area contributed by atoms with Crippen LogP contribution in [-0.4, -0.2) is 40.5 Å². The van der Waals surface area contributed by atoms with Crippen molar-refractivity contribution in [3.8, 4) is 0 Å². The third-order valence-electron chi connectivity index (χ3n) is 4.01. The topological polar surface area (TPSA) is 74.3 Å². The minimum atomic E-state index is -0.516. The zero-order chi connectivity index (χ0) is 15.9. The second kappa shape index (κ2) is 7.77. The summed E-state index contributed by atoms with van der Waals surface area (Å²) in [7, 11) is 0. The van der Waals surface area contributed by atoms with Crippen LogP contribution in [0.4, 0.5) is 4.79 Å². The summed E-state index contributed by atoms with van der Waals surface area (Å²) in [5.74, 6) is -0.00809. The molecule has 0 radical (unpaired) electrons. The number of rotatable bonds is 4. The molecular formula is C16H24N4O2. The summed E-state index contributed by atoms with van der Waals surface area (Å²) in [6.45, 7) is 4.99. The largest absolute Gasteiger partial charge is 0.338 e. The Bertz CT molecular complexity index is 506. The summed E-state index contributed by atoms with van der Waals surface area (Å²) in [5.41, 5.74) is 0.966. The van der Waals surface area contributed by atoms with Crippen molar-refractivity contribution < 1.29 is 9.59 Å². The van der Waals surface area contributed by atoms with Crippen LogP contribution in [0.5, 0.6) is 0 Å². The molecule has 6 heteroatoms. The number of urea groups is 1. The number of nitrogens with zero attached hydrogens (tertiary/aromatic N) is 2. The Morgan fingerprint density at radius 1 is 1.36 bits per heavy atom. The lowest BCUT2D eigenvalue weighted by molar-refractivity contribution is -0.136. The predicted octanol–water partition coefficient (Wildman–Crippen LogP) is 1.67. The molecule has 0 aromatic carbocycles. The molecule has 2 N–H and O–H groups in total. The maximum atomic E-state index is 12.4. The van der Waals surface area contributed by atoms with Crippen LogP contribution in [-0.2, 0) is 11.3 Å². The van der Waals surface area contributed by atoms with Crippen molar-refractivity contribution in [3.63, 3.8) is 0 Å². The van der Waals surface area contributed by atoms with Gasteiger partial charge in [0.15, 0.2) is 0 Å². The Morgan fingerprint density at radius 3 is 2.77 bits per heavy atom. The number of amides is 3. The summed E-state index contributed by atoms with van der Waals surface area (Å²) in [6.07, 6.45) is 6.60. The molecule has 3 amide bonds. The van der Waals surface area contributed by atoms with E-state index in [0.717, 1.165) is 24.9 Å². The van der Waals surface area contributed by atoms with Gasteiger partial charge in [-0.2, -0.15) is 0 Å². The Kier molecular flexibility index (Phi) is 5.75. The fraction of sp³-hybridized carbons (Fsp3) is 0.562. The molecule has 2 rings (SSSR count). The number of piperidine rings is 1. The number of carbonyl (C=O) groups is 2. The molecule has 1 saturated heterocycles. The minimum absolute atomic E-state index is 0.00809. The molecule has 0 saturated carbocycles. The van der Waals surface area contributed by atoms with E-state index in [1.807, 2.05) is 17.0 Å². The first kappa shape index (κ1) is 16.3. The van der Waals surface area contributed by atoms with Crippen molar-refractivity contribution in [1.82, 2.24) is 20.5 Å². The smallest absolute Gasteiger partial charge is 0.315 e. The normalized spacial score (nSPS) is 19.4. The van der Waals surface area contributed by atoms with E-state index in [2.05, 4.69) is 22.5 Å². The lowest BCUT2D eigenvalue weighted by atomic mass is 10.0. The van der Waals surface area contributed by atoms with Crippen LogP contribution in [0.25, 0.3) is 0 Å². The lowest BCUT2D eigenvalue weighted by Gasteiger charge is -2.35. The maximum Gasteiger partial charge on any atom is 0.315 e. The van der Waals surface area contributed by atoms with Crippen LogP contribution in [0, 0.1) is 0 Å². The minimum Gasteiger partial charge on any atom is -0.338 e. The first-order valence-electron chi connectivity index (χ1n) is 7.81. The Labute approximate surface area is 131 Å². The molecule has 0 spiro atoms. The zero-order valence-corrected chi connectivity index (χ0v) is 13.2. The molecule has 1 aliphatic heterocycles. The van der Waals surface area contributed by atoms with E-state index in [1.54, 1.807) is 19.3 Å². The molecule has 22 heavy (non-hydrogen) atoms. The van der Waals surface area contributed by atoms with Gasteiger partial charge in [-0.3, -0.25) is 9.78 Å². The average Bonchev–Trinajstić information content (AvgIpc) is 2.53. The molecule has 2 heterocycles. The quantitative estimate of drug-likeness (QED) is 0.888. The van der Waals surface area contributed by atoms with Gasteiger partial charge in [0.25, 0.3) is 0 Å². The molecule has 1 aromatic rings. The van der Waals surface area contributed by atoms with Crippen molar-refractivity contribution in [1.29, 1.82) is 0 Å². The second-order valence-electron chi connectivity index (χ2n) is 5.78. The van der Waals surface area contributed by atoms with Gasteiger partial charge in [0.05, 0.1) is 0 Å². The second-order valence-corrected chi connectivity index (χ2v) is 5.78. The predicted molar refractivity (Wildman–Crippen MR) is 84.1 cm³/mol. The third-order valence-corrected chi connectivity index (χ3v) is 4.01. The Balaban J connectivity index is 1.79. The first-order chi connectivity index (χ1) is 10.6. The van der Waals surface area contributed by atoms with Crippen molar-refractivity contribution >= 4 is 11.9 Å². The van der Waals surface area contributed by atoms with E-state index in [0.29, 0.717) is 6.54 Å². The van der Waals surface area contributed by atoms with Gasteiger partial charge in [0.2, 0.25) is 5.91 Å². The number of nitrogens with one attached hydrogen (secondary N) is 2. The SMILES string of the molecule is C[C@@H](NC(=O)NCc1ccncc1)C(=O)N1CCCC[C@@H]1C. The van der Waals surface area contributed by atoms with Gasteiger partial charge in [-0.15, -0.1) is 0 Å².